The fraction of sp³-hybridized carbons (Fsp3) is 0.833. The molecule has 1 fully saturated rings. The number of aromatic nitrogens is 3. The van der Waals surface area contributed by atoms with Gasteiger partial charge in [-0.2, -0.15) is 18.3 Å². The molecule has 0 amide bonds. The molecule has 0 unspecified atom stereocenters. The van der Waals surface area contributed by atoms with Crippen molar-refractivity contribution in [2.24, 2.45) is 0 Å². The largest absolute Gasteiger partial charge is 0.417 e. The molecular formula is C12H19F3N4OS. The molecule has 0 saturated carbocycles. The van der Waals surface area contributed by atoms with E-state index in [1.54, 1.807) is 4.68 Å². The van der Waals surface area contributed by atoms with E-state index in [4.69, 9.17) is 12.2 Å². The maximum atomic E-state index is 12.7. The van der Waals surface area contributed by atoms with Gasteiger partial charge < -0.3 is 9.67 Å². The number of halogens is 3. The first-order valence-corrected chi connectivity index (χ1v) is 7.24. The molecule has 1 aliphatic heterocycles. The highest BCUT2D eigenvalue weighted by atomic mass is 32.1. The van der Waals surface area contributed by atoms with Crippen molar-refractivity contribution >= 4 is 12.2 Å². The van der Waals surface area contributed by atoms with Crippen LogP contribution in [0.3, 0.4) is 0 Å². The van der Waals surface area contributed by atoms with Crippen molar-refractivity contribution in [2.75, 3.05) is 13.1 Å². The molecule has 5 nitrogen and oxygen atoms in total. The van der Waals surface area contributed by atoms with E-state index in [9.17, 15) is 18.3 Å². The molecule has 21 heavy (non-hydrogen) atoms. The normalized spacial score (nSPS) is 19.9. The Labute approximate surface area is 126 Å². The monoisotopic (exact) mass is 324 g/mol. The highest BCUT2D eigenvalue weighted by Gasteiger charge is 2.54. The van der Waals surface area contributed by atoms with E-state index in [0.717, 1.165) is 5.82 Å². The molecule has 0 aromatic carbocycles. The van der Waals surface area contributed by atoms with E-state index in [-0.39, 0.29) is 25.9 Å². The first-order valence-electron chi connectivity index (χ1n) is 6.83. The lowest BCUT2D eigenvalue weighted by molar-refractivity contribution is -0.273. The fourth-order valence-corrected chi connectivity index (χ4v) is 2.90. The predicted molar refractivity (Wildman–Crippen MR) is 73.3 cm³/mol. The molecule has 1 N–H and O–H groups in total. The molecule has 0 spiro atoms. The summed E-state index contributed by atoms with van der Waals surface area (Å²) >= 11 is 5.29. The molecule has 0 radical (unpaired) electrons. The van der Waals surface area contributed by atoms with Crippen molar-refractivity contribution in [1.82, 2.24) is 19.2 Å². The second-order valence-corrected chi connectivity index (χ2v) is 5.73. The third kappa shape index (κ3) is 3.14. The summed E-state index contributed by atoms with van der Waals surface area (Å²) in [6.45, 7) is 5.18. The van der Waals surface area contributed by atoms with Crippen LogP contribution in [0.1, 0.15) is 25.6 Å². The number of aryl methyl sites for hydroxylation is 1. The number of rotatable bonds is 3. The lowest BCUT2D eigenvalue weighted by Crippen LogP contribution is -2.53. The fourth-order valence-electron chi connectivity index (χ4n) is 2.54. The average Bonchev–Trinajstić information content (AvgIpc) is 2.65. The van der Waals surface area contributed by atoms with Crippen molar-refractivity contribution in [3.8, 4) is 0 Å². The molecule has 1 aromatic rings. The van der Waals surface area contributed by atoms with E-state index in [1.165, 1.54) is 0 Å². The van der Waals surface area contributed by atoms with Gasteiger partial charge in [-0.15, -0.1) is 0 Å². The Morgan fingerprint density at radius 1 is 1.33 bits per heavy atom. The zero-order valence-corrected chi connectivity index (χ0v) is 12.8. The Kier molecular flexibility index (Phi) is 4.46. The second kappa shape index (κ2) is 5.69. The first-order chi connectivity index (χ1) is 9.68. The minimum absolute atomic E-state index is 0.163. The van der Waals surface area contributed by atoms with Crippen LogP contribution in [0.5, 0.6) is 0 Å². The van der Waals surface area contributed by atoms with Crippen molar-refractivity contribution in [3.05, 3.63) is 10.6 Å². The van der Waals surface area contributed by atoms with Crippen LogP contribution in [0.25, 0.3) is 0 Å². The molecule has 1 saturated heterocycles. The van der Waals surface area contributed by atoms with Crippen LogP contribution in [-0.2, 0) is 13.2 Å². The minimum atomic E-state index is -4.57. The van der Waals surface area contributed by atoms with Crippen LogP contribution in [0.2, 0.25) is 0 Å². The highest BCUT2D eigenvalue weighted by molar-refractivity contribution is 7.71. The molecule has 120 valence electrons. The third-order valence-corrected chi connectivity index (χ3v) is 4.40. The van der Waals surface area contributed by atoms with Gasteiger partial charge in [-0.25, -0.2) is 4.68 Å². The van der Waals surface area contributed by atoms with Gasteiger partial charge >= 0.3 is 6.18 Å². The van der Waals surface area contributed by atoms with Gasteiger partial charge in [0.15, 0.2) is 10.4 Å². The van der Waals surface area contributed by atoms with E-state index in [1.807, 2.05) is 23.3 Å². The Bertz CT molecular complexity index is 558. The van der Waals surface area contributed by atoms with Crippen molar-refractivity contribution in [2.45, 2.75) is 51.7 Å². The summed E-state index contributed by atoms with van der Waals surface area (Å²) in [5.41, 5.74) is -2.57. The zero-order chi connectivity index (χ0) is 15.8. The van der Waals surface area contributed by atoms with E-state index in [2.05, 4.69) is 5.10 Å². The summed E-state index contributed by atoms with van der Waals surface area (Å²) in [7, 11) is 0. The van der Waals surface area contributed by atoms with Gasteiger partial charge in [0.1, 0.15) is 5.82 Å². The molecular weight excluding hydrogens is 305 g/mol. The summed E-state index contributed by atoms with van der Waals surface area (Å²) in [4.78, 5) is 1.82. The summed E-state index contributed by atoms with van der Waals surface area (Å²) in [6, 6.07) is 0. The summed E-state index contributed by atoms with van der Waals surface area (Å²) in [5.74, 6) is 0.784. The number of alkyl halides is 3. The van der Waals surface area contributed by atoms with Crippen LogP contribution >= 0.6 is 12.2 Å². The highest BCUT2D eigenvalue weighted by Crippen LogP contribution is 2.38. The standard InChI is InChI=1S/C12H19F3N4OS/c1-3-18-9(2)16-19(10(18)21)8-17-6-4-11(20,5-7-17)12(13,14)15/h20H,3-8H2,1-2H3. The van der Waals surface area contributed by atoms with Gasteiger partial charge in [0, 0.05) is 19.6 Å². The lowest BCUT2D eigenvalue weighted by Gasteiger charge is -2.38. The second-order valence-electron chi connectivity index (χ2n) is 5.36. The Morgan fingerprint density at radius 3 is 2.33 bits per heavy atom. The van der Waals surface area contributed by atoms with Crippen LogP contribution in [0.15, 0.2) is 0 Å². The van der Waals surface area contributed by atoms with Gasteiger partial charge in [-0.1, -0.05) is 0 Å². The van der Waals surface area contributed by atoms with E-state index in [0.29, 0.717) is 18.0 Å². The molecule has 0 atom stereocenters. The summed E-state index contributed by atoms with van der Waals surface area (Å²) in [5, 5.41) is 13.9. The van der Waals surface area contributed by atoms with Crippen molar-refractivity contribution in [1.29, 1.82) is 0 Å². The SMILES string of the molecule is CCn1c(C)nn(CN2CCC(O)(C(F)(F)F)CC2)c1=S. The van der Waals surface area contributed by atoms with Gasteiger partial charge in [-0.05, 0) is 38.9 Å². The first kappa shape index (κ1) is 16.4. The zero-order valence-electron chi connectivity index (χ0n) is 12.0. The molecule has 1 aromatic heterocycles. The van der Waals surface area contributed by atoms with Crippen molar-refractivity contribution in [3.63, 3.8) is 0 Å². The average molecular weight is 324 g/mol. The molecule has 0 aliphatic carbocycles. The number of hydrogen-bond acceptors (Lipinski definition) is 4. The van der Waals surface area contributed by atoms with Crippen LogP contribution < -0.4 is 0 Å². The van der Waals surface area contributed by atoms with E-state index < -0.39 is 11.8 Å². The Balaban J connectivity index is 2.03. The van der Waals surface area contributed by atoms with Gasteiger partial charge in [0.05, 0.1) is 6.67 Å². The number of nitrogens with zero attached hydrogens (tertiary/aromatic N) is 4. The number of piperidine rings is 1. The molecule has 2 heterocycles. The summed E-state index contributed by atoms with van der Waals surface area (Å²) in [6.07, 6.45) is -5.22. The maximum absolute atomic E-state index is 12.7. The van der Waals surface area contributed by atoms with E-state index >= 15 is 0 Å². The predicted octanol–water partition coefficient (Wildman–Crippen LogP) is 2.09. The van der Waals surface area contributed by atoms with Gasteiger partial charge in [0.2, 0.25) is 0 Å². The smallest absolute Gasteiger partial charge is 0.380 e. The topological polar surface area (TPSA) is 46.2 Å². The molecule has 9 heteroatoms. The van der Waals surface area contributed by atoms with Crippen molar-refractivity contribution < 1.29 is 18.3 Å². The number of aliphatic hydroxyl groups is 1. The molecule has 0 bridgehead atoms. The van der Waals surface area contributed by atoms with Crippen LogP contribution in [0.4, 0.5) is 13.2 Å². The lowest BCUT2D eigenvalue weighted by atomic mass is 9.91. The minimum Gasteiger partial charge on any atom is -0.380 e. The van der Waals surface area contributed by atoms with Gasteiger partial charge in [0.25, 0.3) is 0 Å². The Hall–Kier alpha value is -0.930. The van der Waals surface area contributed by atoms with Crippen LogP contribution in [-0.4, -0.2) is 49.2 Å². The summed E-state index contributed by atoms with van der Waals surface area (Å²) < 4.78 is 42.3. The molecule has 2 rings (SSSR count). The Morgan fingerprint density at radius 2 is 1.90 bits per heavy atom. The molecule has 1 aliphatic rings. The maximum Gasteiger partial charge on any atom is 0.417 e. The van der Waals surface area contributed by atoms with Crippen LogP contribution in [0, 0.1) is 11.7 Å². The number of likely N-dealkylation sites (tertiary alicyclic amines) is 1. The number of hydrogen-bond donors (Lipinski definition) is 1. The quantitative estimate of drug-likeness (QED) is 0.865. The third-order valence-electron chi connectivity index (χ3n) is 3.97. The van der Waals surface area contributed by atoms with Gasteiger partial charge in [-0.3, -0.25) is 4.90 Å².